The van der Waals surface area contributed by atoms with Crippen LogP contribution in [0.5, 0.6) is 5.75 Å². The van der Waals surface area contributed by atoms with Gasteiger partial charge in [-0.25, -0.2) is 0 Å². The van der Waals surface area contributed by atoms with Crippen LogP contribution in [-0.4, -0.2) is 22.1 Å². The van der Waals surface area contributed by atoms with Crippen LogP contribution >= 0.6 is 0 Å². The molecule has 0 saturated carbocycles. The molecule has 0 fully saturated rings. The number of methoxy groups -OCH3 is 1. The quantitative estimate of drug-likeness (QED) is 0.776. The molecule has 1 aromatic carbocycles. The second-order valence-corrected chi connectivity index (χ2v) is 2.64. The molecule has 0 N–H and O–H groups in total. The normalized spacial score (nSPS) is 9.13. The molecule has 0 atom stereocenters. The number of benzene rings is 1. The number of hydrogen-bond donors (Lipinski definition) is 0. The van der Waals surface area contributed by atoms with Crippen LogP contribution in [0.2, 0.25) is 0 Å². The van der Waals surface area contributed by atoms with Crippen molar-refractivity contribution in [2.24, 2.45) is 0 Å². The van der Waals surface area contributed by atoms with E-state index in [-0.39, 0.29) is 32.7 Å². The summed E-state index contributed by atoms with van der Waals surface area (Å²) in [5.74, 6) is 1.43. The van der Waals surface area contributed by atoms with Gasteiger partial charge >= 0.3 is 0 Å². The minimum atomic E-state index is 0. The van der Waals surface area contributed by atoms with Gasteiger partial charge in [-0.05, 0) is 17.7 Å². The Balaban J connectivity index is 0.00000112. The van der Waals surface area contributed by atoms with Gasteiger partial charge in [0.1, 0.15) is 5.75 Å². The Morgan fingerprint density at radius 1 is 1.20 bits per heavy atom. The van der Waals surface area contributed by atoms with Crippen molar-refractivity contribution in [1.29, 1.82) is 0 Å². The summed E-state index contributed by atoms with van der Waals surface area (Å²) in [6, 6.07) is 7.50. The second kappa shape index (κ2) is 5.88. The van der Waals surface area contributed by atoms with Crippen LogP contribution in [0.1, 0.15) is 0 Å². The predicted molar refractivity (Wildman–Crippen MR) is 50.7 cm³/mol. The molecule has 73 valence electrons. The molecule has 4 nitrogen and oxygen atoms in total. The first-order chi connectivity index (χ1) is 6.90. The molecule has 5 heteroatoms. The zero-order valence-corrected chi connectivity index (χ0v) is 11.1. The van der Waals surface area contributed by atoms with Crippen molar-refractivity contribution in [3.8, 4) is 17.1 Å². The fourth-order valence-corrected chi connectivity index (χ4v) is 1.09. The van der Waals surface area contributed by atoms with E-state index in [1.165, 1.54) is 6.33 Å². The van der Waals surface area contributed by atoms with E-state index in [2.05, 4.69) is 21.3 Å². The van der Waals surface area contributed by atoms with Crippen LogP contribution in [0.3, 0.4) is 0 Å². The van der Waals surface area contributed by atoms with E-state index < -0.39 is 0 Å². The first-order valence-corrected chi connectivity index (χ1v) is 4.09. The van der Waals surface area contributed by atoms with E-state index in [1.807, 2.05) is 24.3 Å². The number of aromatic nitrogens is 3. The maximum Gasteiger partial charge on any atom is 0.118 e. The van der Waals surface area contributed by atoms with Crippen molar-refractivity contribution in [3.63, 3.8) is 0 Å². The van der Waals surface area contributed by atoms with Crippen molar-refractivity contribution < 1.29 is 37.4 Å². The number of nitrogens with zero attached hydrogens (tertiary/aromatic N) is 3. The minimum Gasteiger partial charge on any atom is -0.497 e. The van der Waals surface area contributed by atoms with E-state index in [0.717, 1.165) is 11.3 Å². The zero-order valence-electron chi connectivity index (χ0n) is 8.21. The second-order valence-electron chi connectivity index (χ2n) is 2.64. The van der Waals surface area contributed by atoms with Crippen molar-refractivity contribution in [2.45, 2.75) is 0 Å². The van der Waals surface area contributed by atoms with Crippen molar-refractivity contribution in [1.82, 2.24) is 15.0 Å². The Morgan fingerprint density at radius 2 is 1.93 bits per heavy atom. The molecule has 1 aromatic heterocycles. The molecule has 2 aromatic rings. The Hall–Kier alpha value is -0.866. The fourth-order valence-electron chi connectivity index (χ4n) is 1.09. The van der Waals surface area contributed by atoms with Crippen LogP contribution in [0.4, 0.5) is 0 Å². The third-order valence-electron chi connectivity index (χ3n) is 1.80. The van der Waals surface area contributed by atoms with Crippen LogP contribution in [0.25, 0.3) is 11.4 Å². The van der Waals surface area contributed by atoms with Gasteiger partial charge in [-0.1, -0.05) is 12.1 Å². The molecule has 0 amide bonds. The van der Waals surface area contributed by atoms with E-state index >= 15 is 0 Å². The Labute approximate surface area is 113 Å². The molecule has 0 spiro atoms. The molecule has 0 aliphatic heterocycles. The average molecular weight is 275 g/mol. The SMILES string of the molecule is COc1ccc(-c2n[c-]ncn2)cc1.[Y]. The molecule has 0 bridgehead atoms. The summed E-state index contributed by atoms with van der Waals surface area (Å²) in [5, 5.41) is 0. The van der Waals surface area contributed by atoms with Gasteiger partial charge in [0.05, 0.1) is 7.11 Å². The predicted octanol–water partition coefficient (Wildman–Crippen LogP) is 1.34. The summed E-state index contributed by atoms with van der Waals surface area (Å²) in [6.45, 7) is 0. The molecule has 1 radical (unpaired) electrons. The fraction of sp³-hybridized carbons (Fsp3) is 0.100. The molecule has 2 rings (SSSR count). The molecule has 15 heavy (non-hydrogen) atoms. The maximum atomic E-state index is 5.04. The summed E-state index contributed by atoms with van der Waals surface area (Å²) in [5.41, 5.74) is 0.921. The smallest absolute Gasteiger partial charge is 0.118 e. The first kappa shape index (κ1) is 12.2. The maximum absolute atomic E-state index is 5.04. The molecule has 0 unspecified atom stereocenters. The summed E-state index contributed by atoms with van der Waals surface area (Å²) in [6.07, 6.45) is 3.92. The van der Waals surface area contributed by atoms with Gasteiger partial charge < -0.3 is 19.7 Å². The van der Waals surface area contributed by atoms with Gasteiger partial charge in [-0.2, -0.15) is 0 Å². The van der Waals surface area contributed by atoms with E-state index in [4.69, 9.17) is 4.74 Å². The van der Waals surface area contributed by atoms with Crippen molar-refractivity contribution in [3.05, 3.63) is 36.9 Å². The molecular weight excluding hydrogens is 267 g/mol. The molecule has 0 aliphatic carbocycles. The topological polar surface area (TPSA) is 47.9 Å². The van der Waals surface area contributed by atoms with Gasteiger partial charge in [-0.3, -0.25) is 0 Å². The Kier molecular flexibility index (Phi) is 4.78. The van der Waals surface area contributed by atoms with Gasteiger partial charge in [0.25, 0.3) is 0 Å². The Morgan fingerprint density at radius 3 is 2.47 bits per heavy atom. The Bertz CT molecular complexity index is 405. The third-order valence-corrected chi connectivity index (χ3v) is 1.80. The zero-order chi connectivity index (χ0) is 9.80. The van der Waals surface area contributed by atoms with Crippen LogP contribution in [0, 0.1) is 6.33 Å². The minimum absolute atomic E-state index is 0. The molecule has 0 saturated heterocycles. The monoisotopic (exact) mass is 275 g/mol. The summed E-state index contributed by atoms with van der Waals surface area (Å²) in [7, 11) is 1.63. The van der Waals surface area contributed by atoms with Gasteiger partial charge in [0, 0.05) is 51.2 Å². The standard InChI is InChI=1S/C10H8N3O.Y/c1-14-9-4-2-8(3-5-9)10-12-6-11-7-13-10;/h2-6H,1H3;/q-1;. The summed E-state index contributed by atoms with van der Waals surface area (Å²) < 4.78 is 5.04. The van der Waals surface area contributed by atoms with Crippen LogP contribution in [-0.2, 0) is 32.7 Å². The molecule has 0 aliphatic rings. The van der Waals surface area contributed by atoms with E-state index in [0.29, 0.717) is 5.82 Å². The number of hydrogen-bond acceptors (Lipinski definition) is 4. The van der Waals surface area contributed by atoms with Crippen molar-refractivity contribution >= 4 is 0 Å². The van der Waals surface area contributed by atoms with Gasteiger partial charge in [0.2, 0.25) is 0 Å². The summed E-state index contributed by atoms with van der Waals surface area (Å²) in [4.78, 5) is 11.6. The first-order valence-electron chi connectivity index (χ1n) is 4.09. The van der Waals surface area contributed by atoms with Crippen LogP contribution in [0.15, 0.2) is 30.6 Å². The van der Waals surface area contributed by atoms with E-state index in [9.17, 15) is 0 Å². The third kappa shape index (κ3) is 3.04. The van der Waals surface area contributed by atoms with Crippen molar-refractivity contribution in [2.75, 3.05) is 7.11 Å². The summed E-state index contributed by atoms with van der Waals surface area (Å²) >= 11 is 0. The number of ether oxygens (including phenoxy) is 1. The molecular formula is C10H8N3OY-. The van der Waals surface area contributed by atoms with Crippen LogP contribution < -0.4 is 4.74 Å². The van der Waals surface area contributed by atoms with Gasteiger partial charge in [-0.15, -0.1) is 0 Å². The molecule has 1 heterocycles. The number of rotatable bonds is 2. The van der Waals surface area contributed by atoms with Gasteiger partial charge in [0.15, 0.2) is 0 Å². The largest absolute Gasteiger partial charge is 0.497 e. The van der Waals surface area contributed by atoms with E-state index in [1.54, 1.807) is 7.11 Å². The average Bonchev–Trinajstić information content (AvgIpc) is 2.30.